The minimum Gasteiger partial charge on any atom is -0.375 e. The lowest BCUT2D eigenvalue weighted by Crippen LogP contribution is -2.17. The largest absolute Gasteiger partial charge is 0.375 e. The second-order valence-corrected chi connectivity index (χ2v) is 4.30. The van der Waals surface area contributed by atoms with Gasteiger partial charge in [0.25, 0.3) is 0 Å². The summed E-state index contributed by atoms with van der Waals surface area (Å²) < 4.78 is 0. The van der Waals surface area contributed by atoms with Gasteiger partial charge in [-0.1, -0.05) is 0 Å². The molecule has 1 atom stereocenters. The summed E-state index contributed by atoms with van der Waals surface area (Å²) in [5, 5.41) is 0.695. The molecule has 0 fully saturated rings. The minimum absolute atomic E-state index is 0.460. The molecule has 0 saturated heterocycles. The Morgan fingerprint density at radius 1 is 1.58 bits per heavy atom. The van der Waals surface area contributed by atoms with Gasteiger partial charge in [-0.3, -0.25) is 0 Å². The quantitative estimate of drug-likeness (QED) is 0.685. The van der Waals surface area contributed by atoms with E-state index in [1.165, 1.54) is 23.4 Å². The van der Waals surface area contributed by atoms with Crippen LogP contribution >= 0.6 is 11.3 Å². The van der Waals surface area contributed by atoms with E-state index in [0.717, 1.165) is 6.42 Å². The number of aryl methyl sites for hydroxylation is 1. The highest BCUT2D eigenvalue weighted by Gasteiger charge is 2.22. The van der Waals surface area contributed by atoms with Crippen molar-refractivity contribution in [2.24, 2.45) is 5.73 Å². The lowest BCUT2D eigenvalue weighted by molar-refractivity contribution is 0.554. The van der Waals surface area contributed by atoms with Crippen LogP contribution in [0.4, 0.5) is 5.13 Å². The van der Waals surface area contributed by atoms with Crippen LogP contribution in [0.5, 0.6) is 0 Å². The second kappa shape index (κ2) is 3.03. The molecular formula is C8H13N3S. The van der Waals surface area contributed by atoms with Crippen LogP contribution in [0.1, 0.15) is 29.3 Å². The van der Waals surface area contributed by atoms with Crippen LogP contribution in [0.15, 0.2) is 0 Å². The summed E-state index contributed by atoms with van der Waals surface area (Å²) in [4.78, 5) is 5.68. The number of aromatic nitrogens is 1. The fourth-order valence-electron chi connectivity index (χ4n) is 1.76. The Hall–Kier alpha value is -0.610. The average Bonchev–Trinajstić information content (AvgIpc) is 2.44. The van der Waals surface area contributed by atoms with Crippen molar-refractivity contribution in [3.8, 4) is 0 Å². The van der Waals surface area contributed by atoms with Crippen LogP contribution in [-0.4, -0.2) is 11.5 Å². The van der Waals surface area contributed by atoms with Gasteiger partial charge in [0.05, 0.1) is 5.69 Å². The first-order valence-corrected chi connectivity index (χ1v) is 5.08. The first-order valence-electron chi connectivity index (χ1n) is 4.26. The normalized spacial score (nSPS) is 22.2. The molecule has 3 nitrogen and oxygen atoms in total. The molecule has 2 rings (SSSR count). The first kappa shape index (κ1) is 8.01. The van der Waals surface area contributed by atoms with Crippen molar-refractivity contribution < 1.29 is 0 Å². The van der Waals surface area contributed by atoms with E-state index >= 15 is 0 Å². The van der Waals surface area contributed by atoms with E-state index in [1.807, 2.05) is 0 Å². The van der Waals surface area contributed by atoms with E-state index in [-0.39, 0.29) is 0 Å². The molecule has 0 saturated carbocycles. The molecule has 1 aliphatic rings. The molecular weight excluding hydrogens is 170 g/mol. The monoisotopic (exact) mass is 183 g/mol. The number of hydrogen-bond acceptors (Lipinski definition) is 4. The van der Waals surface area contributed by atoms with Crippen molar-refractivity contribution in [2.75, 3.05) is 12.3 Å². The van der Waals surface area contributed by atoms with E-state index in [2.05, 4.69) is 4.98 Å². The van der Waals surface area contributed by atoms with Gasteiger partial charge in [0.15, 0.2) is 5.13 Å². The maximum absolute atomic E-state index is 5.65. The van der Waals surface area contributed by atoms with E-state index in [0.29, 0.717) is 17.6 Å². The topological polar surface area (TPSA) is 64.9 Å². The molecule has 66 valence electrons. The zero-order chi connectivity index (χ0) is 8.55. The molecule has 1 aromatic heterocycles. The highest BCUT2D eigenvalue weighted by atomic mass is 32.1. The summed E-state index contributed by atoms with van der Waals surface area (Å²) in [6.45, 7) is 0.705. The Kier molecular flexibility index (Phi) is 2.02. The second-order valence-electron chi connectivity index (χ2n) is 3.19. The predicted octanol–water partition coefficient (Wildman–Crippen LogP) is 1.10. The van der Waals surface area contributed by atoms with Crippen molar-refractivity contribution in [2.45, 2.75) is 25.2 Å². The molecule has 4 N–H and O–H groups in total. The Balaban J connectivity index is 2.36. The summed E-state index contributed by atoms with van der Waals surface area (Å²) in [6, 6.07) is 0. The van der Waals surface area contributed by atoms with Crippen LogP contribution < -0.4 is 11.5 Å². The molecule has 0 radical (unpaired) electrons. The van der Waals surface area contributed by atoms with Crippen molar-refractivity contribution in [1.82, 2.24) is 4.98 Å². The van der Waals surface area contributed by atoms with Crippen molar-refractivity contribution in [1.29, 1.82) is 0 Å². The van der Waals surface area contributed by atoms with Crippen molar-refractivity contribution in [3.05, 3.63) is 10.6 Å². The van der Waals surface area contributed by atoms with Crippen LogP contribution in [0.25, 0.3) is 0 Å². The SMILES string of the molecule is NCC1CCCc2sc(N)nc21. The van der Waals surface area contributed by atoms with E-state index in [4.69, 9.17) is 11.5 Å². The van der Waals surface area contributed by atoms with Crippen LogP contribution in [0.2, 0.25) is 0 Å². The van der Waals surface area contributed by atoms with Gasteiger partial charge in [0, 0.05) is 17.3 Å². The van der Waals surface area contributed by atoms with Gasteiger partial charge < -0.3 is 11.5 Å². The van der Waals surface area contributed by atoms with Crippen LogP contribution in [0, 0.1) is 0 Å². The lowest BCUT2D eigenvalue weighted by atomic mass is 9.91. The van der Waals surface area contributed by atoms with Gasteiger partial charge in [-0.2, -0.15) is 0 Å². The van der Waals surface area contributed by atoms with E-state index in [1.54, 1.807) is 11.3 Å². The number of anilines is 1. The number of nitrogen functional groups attached to an aromatic ring is 1. The minimum atomic E-state index is 0.460. The zero-order valence-electron chi connectivity index (χ0n) is 6.92. The molecule has 4 heteroatoms. The third kappa shape index (κ3) is 1.21. The summed E-state index contributed by atoms with van der Waals surface area (Å²) in [5.74, 6) is 0.460. The standard InChI is InChI=1S/C8H13N3S/c9-4-5-2-1-3-6-7(5)11-8(10)12-6/h5H,1-4,9H2,(H2,10,11). The average molecular weight is 183 g/mol. The molecule has 0 spiro atoms. The van der Waals surface area contributed by atoms with Gasteiger partial charge in [0.2, 0.25) is 0 Å². The summed E-state index contributed by atoms with van der Waals surface area (Å²) in [7, 11) is 0. The Labute approximate surface area is 75.8 Å². The molecule has 1 aromatic rings. The fraction of sp³-hybridized carbons (Fsp3) is 0.625. The number of rotatable bonds is 1. The van der Waals surface area contributed by atoms with Crippen LogP contribution in [-0.2, 0) is 6.42 Å². The van der Waals surface area contributed by atoms with Gasteiger partial charge in [-0.15, -0.1) is 11.3 Å². The third-order valence-corrected chi connectivity index (χ3v) is 3.33. The molecule has 0 aliphatic heterocycles. The molecule has 1 aliphatic carbocycles. The van der Waals surface area contributed by atoms with E-state index < -0.39 is 0 Å². The summed E-state index contributed by atoms with van der Waals surface area (Å²) in [5.41, 5.74) is 12.5. The van der Waals surface area contributed by atoms with Gasteiger partial charge in [0.1, 0.15) is 0 Å². The molecule has 1 unspecified atom stereocenters. The maximum Gasteiger partial charge on any atom is 0.180 e. The Morgan fingerprint density at radius 2 is 2.42 bits per heavy atom. The molecule has 0 bridgehead atoms. The third-order valence-electron chi connectivity index (χ3n) is 2.37. The molecule has 0 aromatic carbocycles. The summed E-state index contributed by atoms with van der Waals surface area (Å²) >= 11 is 1.62. The molecule has 1 heterocycles. The predicted molar refractivity (Wildman–Crippen MR) is 51.3 cm³/mol. The number of hydrogen-bond donors (Lipinski definition) is 2. The van der Waals surface area contributed by atoms with E-state index in [9.17, 15) is 0 Å². The Bertz CT molecular complexity index is 282. The fourth-order valence-corrected chi connectivity index (χ4v) is 2.72. The highest BCUT2D eigenvalue weighted by molar-refractivity contribution is 7.15. The molecule has 0 amide bonds. The smallest absolute Gasteiger partial charge is 0.180 e. The van der Waals surface area contributed by atoms with Crippen LogP contribution in [0.3, 0.4) is 0 Å². The number of thiazole rings is 1. The number of nitrogens with zero attached hydrogens (tertiary/aromatic N) is 1. The van der Waals surface area contributed by atoms with Gasteiger partial charge >= 0.3 is 0 Å². The van der Waals surface area contributed by atoms with Gasteiger partial charge in [-0.05, 0) is 19.3 Å². The zero-order valence-corrected chi connectivity index (χ0v) is 7.73. The Morgan fingerprint density at radius 3 is 3.17 bits per heavy atom. The van der Waals surface area contributed by atoms with Gasteiger partial charge in [-0.25, -0.2) is 4.98 Å². The maximum atomic E-state index is 5.65. The number of fused-ring (bicyclic) bond motifs is 1. The van der Waals surface area contributed by atoms with Crippen molar-refractivity contribution in [3.63, 3.8) is 0 Å². The lowest BCUT2D eigenvalue weighted by Gasteiger charge is -2.18. The molecule has 12 heavy (non-hydrogen) atoms. The highest BCUT2D eigenvalue weighted by Crippen LogP contribution is 2.34. The van der Waals surface area contributed by atoms with Crippen molar-refractivity contribution >= 4 is 16.5 Å². The number of nitrogens with two attached hydrogens (primary N) is 2. The first-order chi connectivity index (χ1) is 5.81. The summed E-state index contributed by atoms with van der Waals surface area (Å²) in [6.07, 6.45) is 3.55.